The van der Waals surface area contributed by atoms with Gasteiger partial charge in [0.1, 0.15) is 17.3 Å². The molecule has 0 spiro atoms. The molecule has 0 aromatic heterocycles. The Morgan fingerprint density at radius 3 is 1.98 bits per heavy atom. The van der Waals surface area contributed by atoms with Crippen molar-refractivity contribution in [3.8, 4) is 11.5 Å². The summed E-state index contributed by atoms with van der Waals surface area (Å²) < 4.78 is 35.2. The predicted molar refractivity (Wildman–Crippen MR) is 193 cm³/mol. The Bertz CT molecular complexity index is 1670. The minimum atomic E-state index is -4.49. The van der Waals surface area contributed by atoms with Crippen molar-refractivity contribution in [3.63, 3.8) is 0 Å². The summed E-state index contributed by atoms with van der Waals surface area (Å²) in [6.45, 7) is 9.03. The molecule has 0 amide bonds. The normalized spacial score (nSPS) is 36.8. The Morgan fingerprint density at radius 1 is 0.740 bits per heavy atom. The fraction of sp³-hybridized carbons (Fsp3) is 0.675. The van der Waals surface area contributed by atoms with E-state index in [-0.39, 0.29) is 22.7 Å². The number of aromatic hydroxyl groups is 1. The van der Waals surface area contributed by atoms with Crippen molar-refractivity contribution in [2.75, 3.05) is 26.2 Å². The Kier molecular flexibility index (Phi) is 10.2. The summed E-state index contributed by atoms with van der Waals surface area (Å²) in [7, 11) is -4.49. The van der Waals surface area contributed by atoms with Crippen LogP contribution < -0.4 is 14.8 Å². The number of piperazine rings is 1. The lowest BCUT2D eigenvalue weighted by Gasteiger charge is -2.50. The first kappa shape index (κ1) is 35.9. The van der Waals surface area contributed by atoms with E-state index in [0.29, 0.717) is 41.1 Å². The number of aryl methyl sites for hydroxylation is 2. The molecule has 1 saturated heterocycles. The van der Waals surface area contributed by atoms with E-state index in [1.165, 1.54) is 36.0 Å². The largest absolute Gasteiger partial charge is 0.508 e. The molecule has 10 heteroatoms. The molecule has 274 valence electrons. The topological polar surface area (TPSA) is 145 Å². The highest BCUT2D eigenvalue weighted by molar-refractivity contribution is 7.81. The van der Waals surface area contributed by atoms with Crippen LogP contribution in [0, 0.1) is 34.5 Å². The second kappa shape index (κ2) is 14.1. The second-order valence-electron chi connectivity index (χ2n) is 16.6. The summed E-state index contributed by atoms with van der Waals surface area (Å²) in [6.07, 6.45) is 12.4. The van der Waals surface area contributed by atoms with Gasteiger partial charge in [0.2, 0.25) is 0 Å². The molecule has 4 saturated carbocycles. The molecule has 9 rings (SSSR count). The van der Waals surface area contributed by atoms with E-state index in [1.54, 1.807) is 12.1 Å². The smallest absolute Gasteiger partial charge is 0.446 e. The number of fused-ring (bicyclic) bond motifs is 10. The van der Waals surface area contributed by atoms with Gasteiger partial charge in [0.15, 0.2) is 0 Å². The lowest BCUT2D eigenvalue weighted by Crippen LogP contribution is -2.43. The van der Waals surface area contributed by atoms with E-state index in [1.807, 2.05) is 18.2 Å². The Hall–Kier alpha value is -2.50. The molecule has 0 bridgehead atoms. The van der Waals surface area contributed by atoms with Crippen LogP contribution in [0.15, 0.2) is 36.4 Å². The van der Waals surface area contributed by atoms with Gasteiger partial charge in [-0.25, -0.2) is 0 Å². The highest BCUT2D eigenvalue weighted by Crippen LogP contribution is 2.61. The van der Waals surface area contributed by atoms with Crippen LogP contribution in [0.2, 0.25) is 0 Å². The molecule has 2 aromatic carbocycles. The zero-order valence-corrected chi connectivity index (χ0v) is 30.5. The zero-order chi connectivity index (χ0) is 35.3. The maximum atomic E-state index is 12.3. The van der Waals surface area contributed by atoms with Crippen molar-refractivity contribution in [1.82, 2.24) is 10.6 Å². The average molecular weight is 709 g/mol. The van der Waals surface area contributed by atoms with Crippen LogP contribution >= 0.6 is 0 Å². The van der Waals surface area contributed by atoms with Crippen molar-refractivity contribution < 1.29 is 32.2 Å². The monoisotopic (exact) mass is 708 g/mol. The van der Waals surface area contributed by atoms with Crippen LogP contribution in [0.3, 0.4) is 0 Å². The van der Waals surface area contributed by atoms with Gasteiger partial charge in [-0.2, -0.15) is 8.42 Å². The molecule has 50 heavy (non-hydrogen) atoms. The van der Waals surface area contributed by atoms with Crippen LogP contribution in [-0.2, 0) is 28.0 Å². The quantitative estimate of drug-likeness (QED) is 0.235. The van der Waals surface area contributed by atoms with E-state index < -0.39 is 10.4 Å². The number of aliphatic hydroxyl groups excluding tert-OH is 1. The SMILES string of the molecule is C1CNCCN1.C[C@]12CC[C@@H]3c4ccc(O)cc4CC[C@H]3[C@@H]1CC[C@@H]2O.C[C@]12CC[C@@H]3c4ccc(OS(=O)(=O)O)cc4CC[C@H]3[C@@H]1CCC2=O. The first-order valence-electron chi connectivity index (χ1n) is 19.1. The van der Waals surface area contributed by atoms with Gasteiger partial charge in [-0.1, -0.05) is 26.0 Å². The highest BCUT2D eigenvalue weighted by Gasteiger charge is 2.55. The number of rotatable bonds is 2. The molecule has 6 aliphatic carbocycles. The van der Waals surface area contributed by atoms with E-state index in [9.17, 15) is 23.4 Å². The third kappa shape index (κ3) is 6.87. The molecule has 0 radical (unpaired) electrons. The van der Waals surface area contributed by atoms with Crippen LogP contribution in [0.1, 0.15) is 112 Å². The van der Waals surface area contributed by atoms with Gasteiger partial charge in [0.05, 0.1) is 6.10 Å². The average Bonchev–Trinajstić information content (AvgIpc) is 3.58. The molecule has 0 unspecified atom stereocenters. The van der Waals surface area contributed by atoms with Gasteiger partial charge in [0, 0.05) is 38.0 Å². The van der Waals surface area contributed by atoms with Crippen LogP contribution in [0.25, 0.3) is 0 Å². The van der Waals surface area contributed by atoms with Gasteiger partial charge in [-0.15, -0.1) is 0 Å². The van der Waals surface area contributed by atoms with Gasteiger partial charge in [-0.05, 0) is 158 Å². The number of ketones is 1. The number of Topliss-reactive ketones (excluding diaryl/α,β-unsaturated/α-hetero) is 1. The van der Waals surface area contributed by atoms with Crippen LogP contribution in [-0.4, -0.2) is 61.2 Å². The Morgan fingerprint density at radius 2 is 1.34 bits per heavy atom. The van der Waals surface area contributed by atoms with Crippen molar-refractivity contribution in [2.45, 2.75) is 109 Å². The number of carbonyl (C=O) groups is 1. The number of hydrogen-bond donors (Lipinski definition) is 5. The van der Waals surface area contributed by atoms with Crippen LogP contribution in [0.4, 0.5) is 0 Å². The van der Waals surface area contributed by atoms with Gasteiger partial charge in [0.25, 0.3) is 0 Å². The summed E-state index contributed by atoms with van der Waals surface area (Å²) in [4.78, 5) is 12.3. The summed E-state index contributed by atoms with van der Waals surface area (Å²) in [5, 5.41) is 26.5. The van der Waals surface area contributed by atoms with E-state index in [0.717, 1.165) is 95.4 Å². The predicted octanol–water partition coefficient (Wildman–Crippen LogP) is 6.08. The minimum Gasteiger partial charge on any atom is -0.508 e. The first-order valence-corrected chi connectivity index (χ1v) is 20.5. The van der Waals surface area contributed by atoms with Gasteiger partial charge in [-0.3, -0.25) is 9.35 Å². The number of phenolic OH excluding ortho intramolecular Hbond substituents is 1. The molecule has 5 N–H and O–H groups in total. The van der Waals surface area contributed by atoms with Crippen molar-refractivity contribution in [2.24, 2.45) is 34.5 Å². The molecule has 9 atom stereocenters. The van der Waals surface area contributed by atoms with E-state index in [2.05, 4.69) is 34.7 Å². The number of nitrogens with one attached hydrogen (secondary N) is 2. The fourth-order valence-corrected chi connectivity index (χ4v) is 12.0. The Labute approximate surface area is 297 Å². The van der Waals surface area contributed by atoms with Crippen molar-refractivity contribution >= 4 is 16.2 Å². The standard InChI is InChI=1S/C18H22O5S.C18H24O2.C4H10N2/c1-18-9-8-14-13-5-3-12(23-24(20,21)22)10-11(13)2-4-15(14)16(18)6-7-17(18)19;1-18-9-8-14-13-5-3-12(19)10-11(13)2-4-15(14)16(18)6-7-17(18)20;1-2-6-4-3-5-1/h3,5,10,14-16H,2,4,6-9H2,1H3,(H,20,21,22);3,5,10,14-17,19-20H,2,4,6-9H2,1H3;5-6H,1-4H2/t14-,15-,16+,18+;14-,15-,16+,17+,18+;/m11./s1. The third-order valence-corrected chi connectivity index (χ3v) is 14.6. The summed E-state index contributed by atoms with van der Waals surface area (Å²) >= 11 is 0. The summed E-state index contributed by atoms with van der Waals surface area (Å²) in [5.74, 6) is 4.54. The van der Waals surface area contributed by atoms with Crippen LogP contribution in [0.5, 0.6) is 11.5 Å². The number of hydrogen-bond acceptors (Lipinski definition) is 8. The second-order valence-corrected chi connectivity index (χ2v) is 17.7. The molecule has 5 fully saturated rings. The molecular weight excluding hydrogens is 653 g/mol. The number of phenols is 1. The highest BCUT2D eigenvalue weighted by atomic mass is 32.3. The molecule has 2 aromatic rings. The molecule has 1 aliphatic heterocycles. The Balaban J connectivity index is 0.000000136. The molecule has 1 heterocycles. The lowest BCUT2D eigenvalue weighted by atomic mass is 9.55. The molecular formula is C40H56N2O7S. The lowest BCUT2D eigenvalue weighted by molar-refractivity contribution is -0.129. The third-order valence-electron chi connectivity index (χ3n) is 14.2. The fourth-order valence-electron chi connectivity index (χ4n) is 11.6. The van der Waals surface area contributed by atoms with E-state index >= 15 is 0 Å². The maximum absolute atomic E-state index is 12.3. The number of benzene rings is 2. The van der Waals surface area contributed by atoms with Crippen molar-refractivity contribution in [1.29, 1.82) is 0 Å². The number of carbonyl (C=O) groups excluding carboxylic acids is 1. The van der Waals surface area contributed by atoms with Gasteiger partial charge < -0.3 is 25.0 Å². The zero-order valence-electron chi connectivity index (χ0n) is 29.7. The number of aliphatic hydroxyl groups is 1. The molecule has 9 nitrogen and oxygen atoms in total. The minimum absolute atomic E-state index is 0.0883. The van der Waals surface area contributed by atoms with Crippen molar-refractivity contribution in [3.05, 3.63) is 58.7 Å². The maximum Gasteiger partial charge on any atom is 0.446 e. The van der Waals surface area contributed by atoms with E-state index in [4.69, 9.17) is 4.55 Å². The first-order chi connectivity index (χ1) is 23.9. The molecule has 7 aliphatic rings. The van der Waals surface area contributed by atoms with Gasteiger partial charge >= 0.3 is 10.4 Å². The summed E-state index contributed by atoms with van der Waals surface area (Å²) in [6, 6.07) is 11.2. The summed E-state index contributed by atoms with van der Waals surface area (Å²) in [5.41, 5.74) is 5.22.